The number of nitrogens with zero attached hydrogens (tertiary/aromatic N) is 2. The van der Waals surface area contributed by atoms with E-state index in [0.29, 0.717) is 6.54 Å². The highest BCUT2D eigenvalue weighted by atomic mass is 32.1. The molecule has 0 saturated carbocycles. The van der Waals surface area contributed by atoms with E-state index >= 15 is 0 Å². The predicted molar refractivity (Wildman–Crippen MR) is 94.9 cm³/mol. The van der Waals surface area contributed by atoms with Gasteiger partial charge in [-0.1, -0.05) is 13.8 Å². The lowest BCUT2D eigenvalue weighted by Gasteiger charge is -2.26. The fourth-order valence-electron chi connectivity index (χ4n) is 3.56. The van der Waals surface area contributed by atoms with Crippen LogP contribution in [0.2, 0.25) is 0 Å². The molecule has 1 aromatic rings. The number of aromatic nitrogens is 1. The Kier molecular flexibility index (Phi) is 5.23. The molecule has 6 heteroatoms. The molecular formula is C18H27N3O2S. The van der Waals surface area contributed by atoms with Gasteiger partial charge in [-0.25, -0.2) is 4.98 Å². The maximum atomic E-state index is 12.7. The number of carbonyl (C=O) groups is 2. The molecule has 2 heterocycles. The molecule has 0 unspecified atom stereocenters. The highest BCUT2D eigenvalue weighted by Crippen LogP contribution is 2.30. The van der Waals surface area contributed by atoms with Gasteiger partial charge in [0.15, 0.2) is 0 Å². The molecule has 1 aliphatic heterocycles. The van der Waals surface area contributed by atoms with Gasteiger partial charge in [0, 0.05) is 17.3 Å². The molecule has 3 rings (SSSR count). The van der Waals surface area contributed by atoms with Crippen molar-refractivity contribution < 1.29 is 9.59 Å². The minimum atomic E-state index is -0.322. The first-order valence-corrected chi connectivity index (χ1v) is 9.88. The first kappa shape index (κ1) is 17.4. The van der Waals surface area contributed by atoms with Crippen LogP contribution < -0.4 is 5.32 Å². The molecule has 1 saturated heterocycles. The number of carbonyl (C=O) groups excluding carboxylic acids is 2. The molecule has 5 nitrogen and oxygen atoms in total. The van der Waals surface area contributed by atoms with E-state index in [1.54, 1.807) is 16.2 Å². The van der Waals surface area contributed by atoms with E-state index in [1.807, 2.05) is 20.8 Å². The van der Waals surface area contributed by atoms with Gasteiger partial charge in [0.25, 0.3) is 0 Å². The first-order valence-electron chi connectivity index (χ1n) is 9.06. The average Bonchev–Trinajstić information content (AvgIpc) is 3.20. The van der Waals surface area contributed by atoms with Crippen molar-refractivity contribution in [2.45, 2.75) is 71.4 Å². The number of hydrogen-bond donors (Lipinski definition) is 1. The Morgan fingerprint density at radius 2 is 1.96 bits per heavy atom. The molecule has 1 fully saturated rings. The third-order valence-corrected chi connectivity index (χ3v) is 6.26. The number of amides is 2. The van der Waals surface area contributed by atoms with E-state index in [-0.39, 0.29) is 29.8 Å². The SMILES string of the molecule is CC(C)C(=O)N1CCC[C@H]1C(=O)N[C@@H](C)c1nc2c(s1)CCCC2. The monoisotopic (exact) mass is 349 g/mol. The third-order valence-electron chi connectivity index (χ3n) is 4.92. The molecule has 2 amide bonds. The van der Waals surface area contributed by atoms with Crippen molar-refractivity contribution in [3.8, 4) is 0 Å². The summed E-state index contributed by atoms with van der Waals surface area (Å²) in [6.45, 7) is 6.46. The van der Waals surface area contributed by atoms with Gasteiger partial charge in [0.1, 0.15) is 11.0 Å². The highest BCUT2D eigenvalue weighted by Gasteiger charge is 2.35. The van der Waals surface area contributed by atoms with Gasteiger partial charge in [-0.15, -0.1) is 11.3 Å². The van der Waals surface area contributed by atoms with E-state index in [2.05, 4.69) is 5.32 Å². The van der Waals surface area contributed by atoms with Crippen LogP contribution in [-0.2, 0) is 22.4 Å². The van der Waals surface area contributed by atoms with Crippen LogP contribution in [0.3, 0.4) is 0 Å². The minimum absolute atomic E-state index is 0.0397. The maximum absolute atomic E-state index is 12.7. The largest absolute Gasteiger partial charge is 0.345 e. The van der Waals surface area contributed by atoms with Gasteiger partial charge in [0.2, 0.25) is 11.8 Å². The van der Waals surface area contributed by atoms with Gasteiger partial charge in [0.05, 0.1) is 11.7 Å². The summed E-state index contributed by atoms with van der Waals surface area (Å²) in [4.78, 5) is 32.8. The van der Waals surface area contributed by atoms with Crippen molar-refractivity contribution in [2.75, 3.05) is 6.54 Å². The predicted octanol–water partition coefficient (Wildman–Crippen LogP) is 2.85. The zero-order valence-corrected chi connectivity index (χ0v) is 15.6. The van der Waals surface area contributed by atoms with E-state index in [4.69, 9.17) is 4.98 Å². The molecule has 1 N–H and O–H groups in total. The van der Waals surface area contributed by atoms with Crippen LogP contribution in [0.25, 0.3) is 0 Å². The van der Waals surface area contributed by atoms with Crippen LogP contribution in [-0.4, -0.2) is 34.3 Å². The fourth-order valence-corrected chi connectivity index (χ4v) is 4.72. The second-order valence-corrected chi connectivity index (χ2v) is 8.32. The Hall–Kier alpha value is -1.43. The number of nitrogens with one attached hydrogen (secondary N) is 1. The molecule has 1 aliphatic carbocycles. The Labute approximate surface area is 147 Å². The summed E-state index contributed by atoms with van der Waals surface area (Å²) in [6.07, 6.45) is 6.29. The van der Waals surface area contributed by atoms with Crippen molar-refractivity contribution in [3.05, 3.63) is 15.6 Å². The normalized spacial score (nSPS) is 21.7. The highest BCUT2D eigenvalue weighted by molar-refractivity contribution is 7.11. The Morgan fingerprint density at radius 3 is 2.67 bits per heavy atom. The summed E-state index contributed by atoms with van der Waals surface area (Å²) in [5, 5.41) is 4.08. The molecule has 24 heavy (non-hydrogen) atoms. The Bertz CT molecular complexity index is 602. The number of aryl methyl sites for hydroxylation is 2. The topological polar surface area (TPSA) is 62.3 Å². The second kappa shape index (κ2) is 7.21. The molecule has 1 aromatic heterocycles. The zero-order valence-electron chi connectivity index (χ0n) is 14.8. The van der Waals surface area contributed by atoms with Crippen molar-refractivity contribution in [1.82, 2.24) is 15.2 Å². The van der Waals surface area contributed by atoms with Crippen LogP contribution >= 0.6 is 11.3 Å². The van der Waals surface area contributed by atoms with E-state index in [9.17, 15) is 9.59 Å². The zero-order chi connectivity index (χ0) is 17.3. The van der Waals surface area contributed by atoms with Crippen LogP contribution in [0, 0.1) is 5.92 Å². The summed E-state index contributed by atoms with van der Waals surface area (Å²) in [6, 6.07) is -0.415. The summed E-state index contributed by atoms with van der Waals surface area (Å²) >= 11 is 1.73. The summed E-state index contributed by atoms with van der Waals surface area (Å²) in [5.41, 5.74) is 1.22. The van der Waals surface area contributed by atoms with Crippen molar-refractivity contribution in [3.63, 3.8) is 0 Å². The van der Waals surface area contributed by atoms with Crippen molar-refractivity contribution in [1.29, 1.82) is 0 Å². The summed E-state index contributed by atoms with van der Waals surface area (Å²) in [7, 11) is 0. The molecule has 2 aliphatic rings. The van der Waals surface area contributed by atoms with Crippen LogP contribution in [0.15, 0.2) is 0 Å². The second-order valence-electron chi connectivity index (χ2n) is 7.20. The summed E-state index contributed by atoms with van der Waals surface area (Å²) < 4.78 is 0. The smallest absolute Gasteiger partial charge is 0.243 e. The van der Waals surface area contributed by atoms with Gasteiger partial charge in [-0.2, -0.15) is 0 Å². The quantitative estimate of drug-likeness (QED) is 0.909. The van der Waals surface area contributed by atoms with E-state index < -0.39 is 0 Å². The van der Waals surface area contributed by atoms with Crippen LogP contribution in [0.1, 0.15) is 68.1 Å². The fraction of sp³-hybridized carbons (Fsp3) is 0.722. The molecular weight excluding hydrogens is 322 g/mol. The number of likely N-dealkylation sites (tertiary alicyclic amines) is 1. The number of fused-ring (bicyclic) bond motifs is 1. The number of thiazole rings is 1. The molecule has 0 aromatic carbocycles. The Balaban J connectivity index is 1.65. The van der Waals surface area contributed by atoms with Gasteiger partial charge >= 0.3 is 0 Å². The number of hydrogen-bond acceptors (Lipinski definition) is 4. The van der Waals surface area contributed by atoms with Crippen molar-refractivity contribution in [2.24, 2.45) is 5.92 Å². The third kappa shape index (κ3) is 3.48. The molecule has 0 radical (unpaired) electrons. The molecule has 2 atom stereocenters. The summed E-state index contributed by atoms with van der Waals surface area (Å²) in [5.74, 6) is -0.0336. The average molecular weight is 350 g/mol. The van der Waals surface area contributed by atoms with Crippen LogP contribution in [0.5, 0.6) is 0 Å². The molecule has 132 valence electrons. The van der Waals surface area contributed by atoms with Crippen molar-refractivity contribution >= 4 is 23.2 Å². The lowest BCUT2D eigenvalue weighted by atomic mass is 10.0. The van der Waals surface area contributed by atoms with Gasteiger partial charge in [-0.3, -0.25) is 9.59 Å². The lowest BCUT2D eigenvalue weighted by Crippen LogP contribution is -2.47. The van der Waals surface area contributed by atoms with Crippen LogP contribution in [0.4, 0.5) is 0 Å². The van der Waals surface area contributed by atoms with E-state index in [0.717, 1.165) is 30.7 Å². The number of rotatable bonds is 4. The minimum Gasteiger partial charge on any atom is -0.345 e. The maximum Gasteiger partial charge on any atom is 0.243 e. The molecule has 0 spiro atoms. The Morgan fingerprint density at radius 1 is 1.21 bits per heavy atom. The van der Waals surface area contributed by atoms with Gasteiger partial charge in [-0.05, 0) is 45.4 Å². The van der Waals surface area contributed by atoms with E-state index in [1.165, 1.54) is 23.4 Å². The molecule has 0 bridgehead atoms. The standard InChI is InChI=1S/C18H27N3O2S/c1-11(2)18(23)21-10-6-8-14(21)16(22)19-12(3)17-20-13-7-4-5-9-15(13)24-17/h11-12,14H,4-10H2,1-3H3,(H,19,22)/t12-,14-/m0/s1. The first-order chi connectivity index (χ1) is 11.5. The lowest BCUT2D eigenvalue weighted by molar-refractivity contribution is -0.141. The van der Waals surface area contributed by atoms with Gasteiger partial charge < -0.3 is 10.2 Å².